The van der Waals surface area contributed by atoms with Crippen molar-refractivity contribution in [3.8, 4) is 23.1 Å². The molecule has 2 aromatic carbocycles. The molecule has 0 amide bonds. The molecule has 0 atom stereocenters. The number of hydrazone groups is 1. The second kappa shape index (κ2) is 8.49. The molecule has 0 saturated heterocycles. The molecule has 30 heavy (non-hydrogen) atoms. The fraction of sp³-hybridized carbons (Fsp3) is 0.0476. The number of fused-ring (bicyclic) bond motifs is 1. The van der Waals surface area contributed by atoms with Gasteiger partial charge in [-0.05, 0) is 48.5 Å². The minimum Gasteiger partial charge on any atom is -0.497 e. The monoisotopic (exact) mass is 480 g/mol. The average molecular weight is 481 g/mol. The molecule has 0 aliphatic heterocycles. The van der Waals surface area contributed by atoms with Crippen LogP contribution < -0.4 is 15.8 Å². The van der Waals surface area contributed by atoms with Crippen molar-refractivity contribution in [1.29, 1.82) is 5.26 Å². The maximum atomic E-state index is 12.4. The van der Waals surface area contributed by atoms with Gasteiger partial charge in [-0.1, -0.05) is 15.9 Å². The number of thiazole rings is 1. The number of halogens is 1. The maximum absolute atomic E-state index is 12.4. The quantitative estimate of drug-likeness (QED) is 0.244. The van der Waals surface area contributed by atoms with Crippen molar-refractivity contribution < 1.29 is 9.15 Å². The fourth-order valence-corrected chi connectivity index (χ4v) is 3.82. The predicted molar refractivity (Wildman–Crippen MR) is 120 cm³/mol. The second-order valence-electron chi connectivity index (χ2n) is 6.08. The summed E-state index contributed by atoms with van der Waals surface area (Å²) in [5.74, 6) is 0.718. The maximum Gasteiger partial charge on any atom is 0.345 e. The van der Waals surface area contributed by atoms with Gasteiger partial charge in [0.05, 0.1) is 24.1 Å². The summed E-state index contributed by atoms with van der Waals surface area (Å²) in [4.78, 5) is 16.8. The average Bonchev–Trinajstić information content (AvgIpc) is 3.24. The first-order valence-electron chi connectivity index (χ1n) is 8.65. The van der Waals surface area contributed by atoms with Crippen molar-refractivity contribution in [2.45, 2.75) is 0 Å². The van der Waals surface area contributed by atoms with Gasteiger partial charge in [0.2, 0.25) is 0 Å². The van der Waals surface area contributed by atoms with Gasteiger partial charge in [0.1, 0.15) is 17.4 Å². The zero-order valence-electron chi connectivity index (χ0n) is 15.5. The third-order valence-corrected chi connectivity index (χ3v) is 5.51. The van der Waals surface area contributed by atoms with E-state index in [2.05, 4.69) is 31.4 Å². The lowest BCUT2D eigenvalue weighted by molar-refractivity contribution is 0.415. The highest BCUT2D eigenvalue weighted by atomic mass is 79.9. The first kappa shape index (κ1) is 19.8. The van der Waals surface area contributed by atoms with Gasteiger partial charge in [-0.15, -0.1) is 11.3 Å². The number of hydrogen-bond donors (Lipinski definition) is 1. The first-order chi connectivity index (χ1) is 14.6. The van der Waals surface area contributed by atoms with Crippen molar-refractivity contribution in [3.05, 3.63) is 73.8 Å². The number of anilines is 1. The molecule has 0 spiro atoms. The van der Waals surface area contributed by atoms with E-state index in [0.717, 1.165) is 15.6 Å². The number of benzene rings is 2. The van der Waals surface area contributed by atoms with Gasteiger partial charge in [-0.2, -0.15) is 10.4 Å². The molecule has 0 saturated carbocycles. The second-order valence-corrected chi connectivity index (χ2v) is 7.85. The highest BCUT2D eigenvalue weighted by molar-refractivity contribution is 9.10. The Morgan fingerprint density at radius 3 is 2.80 bits per heavy atom. The van der Waals surface area contributed by atoms with Gasteiger partial charge in [0.15, 0.2) is 10.7 Å². The van der Waals surface area contributed by atoms with Crippen LogP contribution in [0.1, 0.15) is 5.01 Å². The minimum absolute atomic E-state index is 0.106. The first-order valence-corrected chi connectivity index (χ1v) is 10.3. The van der Waals surface area contributed by atoms with Gasteiger partial charge in [-0.25, -0.2) is 9.78 Å². The third kappa shape index (κ3) is 4.10. The molecule has 4 aromatic rings. The van der Waals surface area contributed by atoms with Crippen molar-refractivity contribution >= 4 is 49.6 Å². The van der Waals surface area contributed by atoms with Gasteiger partial charge < -0.3 is 9.15 Å². The number of hydrogen-bond acceptors (Lipinski definition) is 8. The van der Waals surface area contributed by atoms with E-state index >= 15 is 0 Å². The number of nitriles is 1. The zero-order chi connectivity index (χ0) is 21.1. The van der Waals surface area contributed by atoms with Crippen molar-refractivity contribution in [1.82, 2.24) is 4.98 Å². The number of ether oxygens (including phenoxy) is 1. The van der Waals surface area contributed by atoms with E-state index in [1.807, 2.05) is 12.1 Å². The van der Waals surface area contributed by atoms with E-state index in [1.54, 1.807) is 55.0 Å². The molecule has 9 heteroatoms. The van der Waals surface area contributed by atoms with E-state index in [0.29, 0.717) is 27.5 Å². The molecule has 2 aromatic heterocycles. The van der Waals surface area contributed by atoms with Crippen LogP contribution in [0.3, 0.4) is 0 Å². The molecular formula is C21H13BrN4O3S. The van der Waals surface area contributed by atoms with E-state index in [4.69, 9.17) is 9.15 Å². The highest BCUT2D eigenvalue weighted by Crippen LogP contribution is 2.25. The smallest absolute Gasteiger partial charge is 0.345 e. The largest absolute Gasteiger partial charge is 0.497 e. The summed E-state index contributed by atoms with van der Waals surface area (Å²) in [6.45, 7) is 0. The van der Waals surface area contributed by atoms with Crippen LogP contribution in [0.25, 0.3) is 22.2 Å². The SMILES string of the molecule is COc1ccc(NN=C(C#N)c2nc(-c3cc4cc(Br)ccc4oc3=O)cs2)cc1. The predicted octanol–water partition coefficient (Wildman–Crippen LogP) is 5.03. The number of aromatic nitrogens is 1. The lowest BCUT2D eigenvalue weighted by Crippen LogP contribution is -2.04. The molecule has 148 valence electrons. The molecule has 2 heterocycles. The van der Waals surface area contributed by atoms with Gasteiger partial charge in [0, 0.05) is 15.2 Å². The standard InChI is InChI=1S/C21H13BrN4O3S/c1-28-15-5-3-14(4-6-15)25-26-17(10-23)20-24-18(11-30-20)16-9-12-8-13(22)2-7-19(12)29-21(16)27/h2-9,11,25H,1H3. The summed E-state index contributed by atoms with van der Waals surface area (Å²) in [5, 5.41) is 16.5. The minimum atomic E-state index is -0.492. The van der Waals surface area contributed by atoms with E-state index < -0.39 is 5.63 Å². The van der Waals surface area contributed by atoms with Gasteiger partial charge >= 0.3 is 5.63 Å². The van der Waals surface area contributed by atoms with Crippen LogP contribution in [0.2, 0.25) is 0 Å². The summed E-state index contributed by atoms with van der Waals surface area (Å²) in [5.41, 5.74) is 4.38. The topological polar surface area (TPSA) is 101 Å². The molecule has 0 aliphatic carbocycles. The molecule has 0 aliphatic rings. The number of nitrogens with zero attached hydrogens (tertiary/aromatic N) is 3. The van der Waals surface area contributed by atoms with Crippen LogP contribution in [-0.2, 0) is 0 Å². The van der Waals surface area contributed by atoms with Crippen LogP contribution in [0.15, 0.2) is 72.7 Å². The van der Waals surface area contributed by atoms with E-state index in [9.17, 15) is 10.1 Å². The Morgan fingerprint density at radius 2 is 2.07 bits per heavy atom. The van der Waals surface area contributed by atoms with Crippen LogP contribution >= 0.6 is 27.3 Å². The third-order valence-electron chi connectivity index (χ3n) is 4.17. The van der Waals surface area contributed by atoms with Crippen molar-refractivity contribution in [2.75, 3.05) is 12.5 Å². The summed E-state index contributed by atoms with van der Waals surface area (Å²) < 4.78 is 11.4. The Kier molecular flexibility index (Phi) is 5.61. The van der Waals surface area contributed by atoms with Crippen molar-refractivity contribution in [2.24, 2.45) is 5.10 Å². The molecule has 0 unspecified atom stereocenters. The van der Waals surface area contributed by atoms with Crippen molar-refractivity contribution in [3.63, 3.8) is 0 Å². The Morgan fingerprint density at radius 1 is 1.27 bits per heavy atom. The lowest BCUT2D eigenvalue weighted by atomic mass is 10.1. The van der Waals surface area contributed by atoms with Gasteiger partial charge in [-0.3, -0.25) is 5.43 Å². The molecule has 4 rings (SSSR count). The molecule has 0 bridgehead atoms. The Balaban J connectivity index is 1.63. The Labute approximate surface area is 183 Å². The number of methoxy groups -OCH3 is 1. The number of rotatable bonds is 5. The molecule has 0 radical (unpaired) electrons. The van der Waals surface area contributed by atoms with Gasteiger partial charge in [0.25, 0.3) is 0 Å². The van der Waals surface area contributed by atoms with Crippen LogP contribution in [0.4, 0.5) is 5.69 Å². The van der Waals surface area contributed by atoms with E-state index in [-0.39, 0.29) is 5.71 Å². The Bertz CT molecular complexity index is 1350. The highest BCUT2D eigenvalue weighted by Gasteiger charge is 2.15. The summed E-state index contributed by atoms with van der Waals surface area (Å²) in [7, 11) is 1.59. The molecule has 1 N–H and O–H groups in total. The number of nitrogens with one attached hydrogen (secondary N) is 1. The van der Waals surface area contributed by atoms with Crippen LogP contribution in [0, 0.1) is 11.3 Å². The molecular weight excluding hydrogens is 468 g/mol. The summed E-state index contributed by atoms with van der Waals surface area (Å²) >= 11 is 4.63. The van der Waals surface area contributed by atoms with E-state index in [1.165, 1.54) is 11.3 Å². The summed E-state index contributed by atoms with van der Waals surface area (Å²) in [6.07, 6.45) is 0. The Hall–Kier alpha value is -3.48. The molecule has 0 fully saturated rings. The molecule has 7 nitrogen and oxygen atoms in total. The lowest BCUT2D eigenvalue weighted by Gasteiger charge is -2.02. The fourth-order valence-electron chi connectivity index (χ4n) is 2.69. The van der Waals surface area contributed by atoms with Crippen LogP contribution in [-0.4, -0.2) is 17.8 Å². The normalized spacial score (nSPS) is 11.3. The van der Waals surface area contributed by atoms with Crippen LogP contribution in [0.5, 0.6) is 5.75 Å². The summed E-state index contributed by atoms with van der Waals surface area (Å²) in [6, 6.07) is 16.3. The zero-order valence-corrected chi connectivity index (χ0v) is 18.0.